The normalized spacial score (nSPS) is 9.67. The van der Waals surface area contributed by atoms with Gasteiger partial charge in [-0.2, -0.15) is 0 Å². The predicted molar refractivity (Wildman–Crippen MR) is 73.5 cm³/mol. The molecule has 0 unspecified atom stereocenters. The molecule has 1 aromatic rings. The lowest BCUT2D eigenvalue weighted by Crippen LogP contribution is -2.19. The Morgan fingerprint density at radius 1 is 1.39 bits per heavy atom. The smallest absolute Gasteiger partial charge is 0.288 e. The van der Waals surface area contributed by atoms with Crippen LogP contribution in [-0.2, 0) is 0 Å². The van der Waals surface area contributed by atoms with E-state index in [1.165, 1.54) is 12.1 Å². The van der Waals surface area contributed by atoms with Crippen molar-refractivity contribution in [2.45, 2.75) is 13.8 Å². The molecule has 0 saturated heterocycles. The van der Waals surface area contributed by atoms with Gasteiger partial charge in [0.25, 0.3) is 5.69 Å². The number of nitro benzene ring substituents is 1. The van der Waals surface area contributed by atoms with Gasteiger partial charge in [0.15, 0.2) is 0 Å². The first-order chi connectivity index (χ1) is 8.50. The van der Waals surface area contributed by atoms with Gasteiger partial charge >= 0.3 is 0 Å². The van der Waals surface area contributed by atoms with Gasteiger partial charge in [0.05, 0.1) is 4.92 Å². The highest BCUT2D eigenvalue weighted by atomic mass is 35.5. The fourth-order valence-electron chi connectivity index (χ4n) is 1.07. The van der Waals surface area contributed by atoms with Crippen LogP contribution in [-0.4, -0.2) is 37.1 Å². The SMILES string of the molecule is CC.CN(C)CCOc1ccc([N+](=O)[O-])c(Cl)c1. The number of hydrogen-bond acceptors (Lipinski definition) is 4. The summed E-state index contributed by atoms with van der Waals surface area (Å²) in [6, 6.07) is 4.34. The minimum absolute atomic E-state index is 0.0901. The van der Waals surface area contributed by atoms with Gasteiger partial charge in [-0.3, -0.25) is 10.1 Å². The molecule has 6 heteroatoms. The van der Waals surface area contributed by atoms with Crippen molar-refractivity contribution in [1.82, 2.24) is 4.90 Å². The number of nitrogens with zero attached hydrogens (tertiary/aromatic N) is 2. The molecule has 5 nitrogen and oxygen atoms in total. The van der Waals surface area contributed by atoms with E-state index in [4.69, 9.17) is 16.3 Å². The second kappa shape index (κ2) is 8.72. The molecule has 0 amide bonds. The maximum Gasteiger partial charge on any atom is 0.288 e. The molecular formula is C12H19ClN2O3. The lowest BCUT2D eigenvalue weighted by atomic mass is 10.3. The molecule has 102 valence electrons. The first kappa shape index (κ1) is 16.7. The summed E-state index contributed by atoms with van der Waals surface area (Å²) in [5.74, 6) is 0.539. The monoisotopic (exact) mass is 274 g/mol. The van der Waals surface area contributed by atoms with Crippen LogP contribution in [0.2, 0.25) is 5.02 Å². The third kappa shape index (κ3) is 5.84. The molecule has 18 heavy (non-hydrogen) atoms. The molecule has 0 aliphatic rings. The summed E-state index contributed by atoms with van der Waals surface area (Å²) >= 11 is 5.73. The third-order valence-electron chi connectivity index (χ3n) is 1.92. The van der Waals surface area contributed by atoms with Gasteiger partial charge in [0, 0.05) is 18.7 Å². The van der Waals surface area contributed by atoms with Gasteiger partial charge in [-0.05, 0) is 20.2 Å². The third-order valence-corrected chi connectivity index (χ3v) is 2.23. The van der Waals surface area contributed by atoms with Crippen molar-refractivity contribution in [1.29, 1.82) is 0 Å². The Labute approximate surface area is 112 Å². The van der Waals surface area contributed by atoms with E-state index in [1.54, 1.807) is 6.07 Å². The molecule has 0 radical (unpaired) electrons. The highest BCUT2D eigenvalue weighted by Crippen LogP contribution is 2.28. The second-order valence-corrected chi connectivity index (χ2v) is 3.93. The zero-order chi connectivity index (χ0) is 14.1. The number of rotatable bonds is 5. The Balaban J connectivity index is 0.00000137. The number of hydrogen-bond donors (Lipinski definition) is 0. The fourth-order valence-corrected chi connectivity index (χ4v) is 1.31. The molecular weight excluding hydrogens is 256 g/mol. The summed E-state index contributed by atoms with van der Waals surface area (Å²) in [6.07, 6.45) is 0. The number of likely N-dealkylation sites (N-methyl/N-ethyl adjacent to an activating group) is 1. The van der Waals surface area contributed by atoms with Gasteiger partial charge in [0.2, 0.25) is 0 Å². The van der Waals surface area contributed by atoms with Crippen molar-refractivity contribution < 1.29 is 9.66 Å². The van der Waals surface area contributed by atoms with Crippen molar-refractivity contribution >= 4 is 17.3 Å². The minimum atomic E-state index is -0.522. The van der Waals surface area contributed by atoms with Crippen LogP contribution in [0.5, 0.6) is 5.75 Å². The van der Waals surface area contributed by atoms with Gasteiger partial charge in [-0.15, -0.1) is 0 Å². The zero-order valence-electron chi connectivity index (χ0n) is 11.1. The molecule has 0 spiro atoms. The molecule has 1 aromatic carbocycles. The maximum atomic E-state index is 10.5. The van der Waals surface area contributed by atoms with E-state index >= 15 is 0 Å². The summed E-state index contributed by atoms with van der Waals surface area (Å²) in [5.41, 5.74) is -0.110. The van der Waals surface area contributed by atoms with E-state index in [0.717, 1.165) is 6.54 Å². The van der Waals surface area contributed by atoms with E-state index in [9.17, 15) is 10.1 Å². The number of halogens is 1. The maximum absolute atomic E-state index is 10.5. The van der Waals surface area contributed by atoms with Crippen molar-refractivity contribution in [2.75, 3.05) is 27.2 Å². The first-order valence-electron chi connectivity index (χ1n) is 5.72. The average molecular weight is 275 g/mol. The Morgan fingerprint density at radius 3 is 2.44 bits per heavy atom. The molecule has 0 aliphatic heterocycles. The topological polar surface area (TPSA) is 55.6 Å². The van der Waals surface area contributed by atoms with E-state index in [0.29, 0.717) is 12.4 Å². The molecule has 0 N–H and O–H groups in total. The molecule has 0 bridgehead atoms. The molecule has 0 aromatic heterocycles. The largest absolute Gasteiger partial charge is 0.492 e. The van der Waals surface area contributed by atoms with Crippen LogP contribution in [0, 0.1) is 10.1 Å². The van der Waals surface area contributed by atoms with Gasteiger partial charge in [-0.1, -0.05) is 25.4 Å². The predicted octanol–water partition coefficient (Wildman–Crippen LogP) is 3.21. The Bertz CT molecular complexity index is 384. The Kier molecular flexibility index (Phi) is 8.07. The Morgan fingerprint density at radius 2 is 2.00 bits per heavy atom. The lowest BCUT2D eigenvalue weighted by molar-refractivity contribution is -0.384. The van der Waals surface area contributed by atoms with Gasteiger partial charge in [0.1, 0.15) is 17.4 Å². The highest BCUT2D eigenvalue weighted by molar-refractivity contribution is 6.32. The quantitative estimate of drug-likeness (QED) is 0.611. The van der Waals surface area contributed by atoms with Crippen LogP contribution < -0.4 is 4.74 Å². The van der Waals surface area contributed by atoms with Crippen LogP contribution in [0.4, 0.5) is 5.69 Å². The summed E-state index contributed by atoms with van der Waals surface area (Å²) in [6.45, 7) is 5.29. The van der Waals surface area contributed by atoms with Crippen molar-refractivity contribution in [3.05, 3.63) is 33.3 Å². The molecule has 0 fully saturated rings. The van der Waals surface area contributed by atoms with Gasteiger partial charge < -0.3 is 9.64 Å². The first-order valence-corrected chi connectivity index (χ1v) is 6.10. The van der Waals surface area contributed by atoms with Crippen LogP contribution in [0.25, 0.3) is 0 Å². The van der Waals surface area contributed by atoms with E-state index in [1.807, 2.05) is 32.8 Å². The van der Waals surface area contributed by atoms with Crippen LogP contribution in [0.1, 0.15) is 13.8 Å². The standard InChI is InChI=1S/C10H13ClN2O3.C2H6/c1-12(2)5-6-16-8-3-4-10(13(14)15)9(11)7-8;1-2/h3-4,7H,5-6H2,1-2H3;1-2H3. The Hall–Kier alpha value is -1.33. The minimum Gasteiger partial charge on any atom is -0.492 e. The van der Waals surface area contributed by atoms with Gasteiger partial charge in [-0.25, -0.2) is 0 Å². The fraction of sp³-hybridized carbons (Fsp3) is 0.500. The summed E-state index contributed by atoms with van der Waals surface area (Å²) < 4.78 is 5.38. The highest BCUT2D eigenvalue weighted by Gasteiger charge is 2.12. The summed E-state index contributed by atoms with van der Waals surface area (Å²) in [5, 5.41) is 10.6. The summed E-state index contributed by atoms with van der Waals surface area (Å²) in [7, 11) is 3.87. The van der Waals surface area contributed by atoms with E-state index in [-0.39, 0.29) is 10.7 Å². The van der Waals surface area contributed by atoms with Crippen molar-refractivity contribution in [3.8, 4) is 5.75 Å². The summed E-state index contributed by atoms with van der Waals surface area (Å²) in [4.78, 5) is 12.0. The van der Waals surface area contributed by atoms with Crippen LogP contribution >= 0.6 is 11.6 Å². The molecule has 1 rings (SSSR count). The second-order valence-electron chi connectivity index (χ2n) is 3.52. The lowest BCUT2D eigenvalue weighted by Gasteiger charge is -2.10. The molecule has 0 atom stereocenters. The molecule has 0 aliphatic carbocycles. The van der Waals surface area contributed by atoms with Crippen molar-refractivity contribution in [3.63, 3.8) is 0 Å². The number of benzene rings is 1. The van der Waals surface area contributed by atoms with Crippen LogP contribution in [0.3, 0.4) is 0 Å². The zero-order valence-corrected chi connectivity index (χ0v) is 11.9. The number of ether oxygens (including phenoxy) is 1. The van der Waals surface area contributed by atoms with E-state index < -0.39 is 4.92 Å². The number of nitro groups is 1. The average Bonchev–Trinajstić information content (AvgIpc) is 2.30. The van der Waals surface area contributed by atoms with E-state index in [2.05, 4.69) is 0 Å². The molecule has 0 heterocycles. The van der Waals surface area contributed by atoms with Crippen LogP contribution in [0.15, 0.2) is 18.2 Å². The van der Waals surface area contributed by atoms with Crippen molar-refractivity contribution in [2.24, 2.45) is 0 Å². The molecule has 0 saturated carbocycles.